The summed E-state index contributed by atoms with van der Waals surface area (Å²) < 4.78 is 4.75. The van der Waals surface area contributed by atoms with Crippen molar-refractivity contribution in [3.63, 3.8) is 0 Å². The maximum absolute atomic E-state index is 11.5. The molecule has 3 aromatic rings. The van der Waals surface area contributed by atoms with Gasteiger partial charge in [0.25, 0.3) is 0 Å². The average Bonchev–Trinajstić information content (AvgIpc) is 3.03. The van der Waals surface area contributed by atoms with Crippen LogP contribution in [0.2, 0.25) is 0 Å². The lowest BCUT2D eigenvalue weighted by Gasteiger charge is -2.02. The molecule has 3 rings (SSSR count). The van der Waals surface area contributed by atoms with Gasteiger partial charge in [0.2, 0.25) is 0 Å². The molecule has 0 bridgehead atoms. The maximum Gasteiger partial charge on any atom is 0.305 e. The molecule has 0 spiro atoms. The number of benzene rings is 1. The summed E-state index contributed by atoms with van der Waals surface area (Å²) in [5.74, 6) is -0.220. The topological polar surface area (TPSA) is 64.1 Å². The smallest absolute Gasteiger partial charge is 0.305 e. The number of hydrogen-bond donors (Lipinski definition) is 1. The van der Waals surface area contributed by atoms with Crippen LogP contribution >= 0.6 is 11.3 Å². The van der Waals surface area contributed by atoms with Crippen LogP contribution in [0.5, 0.6) is 0 Å². The molecule has 0 aliphatic rings. The summed E-state index contributed by atoms with van der Waals surface area (Å²) in [6.45, 7) is 2.05. The number of hydrogen-bond acceptors (Lipinski definition) is 6. The van der Waals surface area contributed by atoms with Gasteiger partial charge in [0.1, 0.15) is 0 Å². The summed E-state index contributed by atoms with van der Waals surface area (Å²) in [5.41, 5.74) is 4.05. The lowest BCUT2D eigenvalue weighted by Crippen LogP contribution is -2.01. The fourth-order valence-corrected chi connectivity index (χ4v) is 3.48. The molecule has 128 valence electrons. The van der Waals surface area contributed by atoms with Gasteiger partial charge >= 0.3 is 5.97 Å². The van der Waals surface area contributed by atoms with Crippen LogP contribution in [0.15, 0.2) is 48.8 Å². The second-order valence-corrected chi connectivity index (χ2v) is 6.68. The van der Waals surface area contributed by atoms with Crippen molar-refractivity contribution in [1.29, 1.82) is 0 Å². The predicted molar refractivity (Wildman–Crippen MR) is 100 cm³/mol. The predicted octanol–water partition coefficient (Wildman–Crippen LogP) is 4.36. The molecule has 0 amide bonds. The number of ether oxygens (including phenoxy) is 1. The Morgan fingerprint density at radius 3 is 2.76 bits per heavy atom. The third-order valence-electron chi connectivity index (χ3n) is 3.70. The Morgan fingerprint density at radius 2 is 2.04 bits per heavy atom. The van der Waals surface area contributed by atoms with E-state index in [1.165, 1.54) is 12.7 Å². The fraction of sp³-hybridized carbons (Fsp3) is 0.211. The van der Waals surface area contributed by atoms with Crippen molar-refractivity contribution in [3.8, 4) is 11.3 Å². The van der Waals surface area contributed by atoms with E-state index in [0.29, 0.717) is 12.8 Å². The number of nitrogens with zero attached hydrogens (tertiary/aromatic N) is 2. The molecule has 0 saturated heterocycles. The molecule has 5 nitrogen and oxygen atoms in total. The number of pyridine rings is 1. The number of thiazole rings is 1. The minimum Gasteiger partial charge on any atom is -0.469 e. The first-order chi connectivity index (χ1) is 12.2. The van der Waals surface area contributed by atoms with Crippen LogP contribution in [0.25, 0.3) is 11.3 Å². The van der Waals surface area contributed by atoms with Crippen LogP contribution < -0.4 is 5.32 Å². The van der Waals surface area contributed by atoms with Crippen LogP contribution in [0.3, 0.4) is 0 Å². The Balaban J connectivity index is 1.89. The average molecular weight is 353 g/mol. The van der Waals surface area contributed by atoms with Crippen molar-refractivity contribution in [1.82, 2.24) is 9.97 Å². The van der Waals surface area contributed by atoms with Crippen molar-refractivity contribution < 1.29 is 9.53 Å². The minimum atomic E-state index is -0.220. The Bertz CT molecular complexity index is 862. The number of methoxy groups -OCH3 is 1. The van der Waals surface area contributed by atoms with E-state index in [2.05, 4.69) is 29.4 Å². The third-order valence-corrected chi connectivity index (χ3v) is 4.73. The molecule has 0 aliphatic heterocycles. The van der Waals surface area contributed by atoms with E-state index in [0.717, 1.165) is 27.0 Å². The normalized spacial score (nSPS) is 10.5. The Kier molecular flexibility index (Phi) is 5.40. The van der Waals surface area contributed by atoms with Gasteiger partial charge in [0.05, 0.1) is 19.2 Å². The van der Waals surface area contributed by atoms with E-state index in [1.807, 2.05) is 24.3 Å². The SMILES string of the molecule is COC(=O)CCc1sc(Nc2cccc(C)c2)nc1-c1ccncc1. The molecular formula is C19H19N3O2S. The monoisotopic (exact) mass is 353 g/mol. The molecule has 0 aliphatic carbocycles. The Labute approximate surface area is 150 Å². The minimum absolute atomic E-state index is 0.220. The first-order valence-electron chi connectivity index (χ1n) is 7.96. The van der Waals surface area contributed by atoms with Gasteiger partial charge in [-0.05, 0) is 43.2 Å². The quantitative estimate of drug-likeness (QED) is 0.667. The van der Waals surface area contributed by atoms with Gasteiger partial charge in [0.15, 0.2) is 5.13 Å². The number of carbonyl (C=O) groups is 1. The second-order valence-electron chi connectivity index (χ2n) is 5.60. The largest absolute Gasteiger partial charge is 0.469 e. The second kappa shape index (κ2) is 7.90. The molecule has 1 N–H and O–H groups in total. The Morgan fingerprint density at radius 1 is 1.24 bits per heavy atom. The zero-order chi connectivity index (χ0) is 17.6. The molecule has 2 aromatic heterocycles. The number of aryl methyl sites for hydroxylation is 2. The van der Waals surface area contributed by atoms with Crippen LogP contribution in [0.1, 0.15) is 16.9 Å². The molecule has 25 heavy (non-hydrogen) atoms. The highest BCUT2D eigenvalue weighted by Crippen LogP contribution is 2.33. The van der Waals surface area contributed by atoms with E-state index < -0.39 is 0 Å². The molecule has 2 heterocycles. The molecule has 0 saturated carbocycles. The zero-order valence-electron chi connectivity index (χ0n) is 14.2. The number of anilines is 2. The molecule has 0 atom stereocenters. The van der Waals surface area contributed by atoms with Crippen molar-refractivity contribution in [2.24, 2.45) is 0 Å². The summed E-state index contributed by atoms with van der Waals surface area (Å²) in [6.07, 6.45) is 4.41. The van der Waals surface area contributed by atoms with Gasteiger partial charge in [-0.1, -0.05) is 12.1 Å². The molecular weight excluding hydrogens is 334 g/mol. The number of carbonyl (C=O) groups excluding carboxylic acids is 1. The summed E-state index contributed by atoms with van der Waals surface area (Å²) in [7, 11) is 1.41. The van der Waals surface area contributed by atoms with E-state index in [1.54, 1.807) is 23.7 Å². The van der Waals surface area contributed by atoms with Crippen molar-refractivity contribution in [2.75, 3.05) is 12.4 Å². The first-order valence-corrected chi connectivity index (χ1v) is 8.78. The molecule has 0 unspecified atom stereocenters. The van der Waals surface area contributed by atoms with Gasteiger partial charge in [-0.15, -0.1) is 11.3 Å². The highest BCUT2D eigenvalue weighted by molar-refractivity contribution is 7.16. The van der Waals surface area contributed by atoms with Gasteiger partial charge in [-0.2, -0.15) is 0 Å². The first kappa shape index (κ1) is 17.1. The lowest BCUT2D eigenvalue weighted by molar-refractivity contribution is -0.140. The molecule has 0 radical (unpaired) electrons. The molecule has 1 aromatic carbocycles. The third kappa shape index (κ3) is 4.42. The van der Waals surface area contributed by atoms with E-state index in [9.17, 15) is 4.79 Å². The molecule has 0 fully saturated rings. The van der Waals surface area contributed by atoms with Crippen molar-refractivity contribution in [2.45, 2.75) is 19.8 Å². The van der Waals surface area contributed by atoms with E-state index in [4.69, 9.17) is 9.72 Å². The van der Waals surface area contributed by atoms with E-state index >= 15 is 0 Å². The number of aromatic nitrogens is 2. The summed E-state index contributed by atoms with van der Waals surface area (Å²) in [6, 6.07) is 12.0. The Hall–Kier alpha value is -2.73. The lowest BCUT2D eigenvalue weighted by atomic mass is 10.1. The van der Waals surface area contributed by atoms with Crippen LogP contribution in [-0.2, 0) is 16.0 Å². The van der Waals surface area contributed by atoms with Gasteiger partial charge in [-0.3, -0.25) is 9.78 Å². The summed E-state index contributed by atoms with van der Waals surface area (Å²) in [5, 5.41) is 4.16. The van der Waals surface area contributed by atoms with Crippen LogP contribution in [-0.4, -0.2) is 23.0 Å². The standard InChI is InChI=1S/C19H19N3O2S/c1-13-4-3-5-15(12-13)21-19-22-18(14-8-10-20-11-9-14)16(25-19)6-7-17(23)24-2/h3-5,8-12H,6-7H2,1-2H3,(H,21,22). The van der Waals surface area contributed by atoms with Crippen LogP contribution in [0.4, 0.5) is 10.8 Å². The summed E-state index contributed by atoms with van der Waals surface area (Å²) >= 11 is 1.56. The number of esters is 1. The molecule has 6 heteroatoms. The van der Waals surface area contributed by atoms with Crippen LogP contribution in [0, 0.1) is 6.92 Å². The van der Waals surface area contributed by atoms with Gasteiger partial charge in [-0.25, -0.2) is 4.98 Å². The maximum atomic E-state index is 11.5. The van der Waals surface area contributed by atoms with Crippen molar-refractivity contribution >= 4 is 28.1 Å². The summed E-state index contributed by atoms with van der Waals surface area (Å²) in [4.78, 5) is 21.3. The zero-order valence-corrected chi connectivity index (χ0v) is 15.0. The number of nitrogens with one attached hydrogen (secondary N) is 1. The van der Waals surface area contributed by atoms with E-state index in [-0.39, 0.29) is 5.97 Å². The fourth-order valence-electron chi connectivity index (χ4n) is 2.47. The number of rotatable bonds is 6. The van der Waals surface area contributed by atoms with Gasteiger partial charge in [0, 0.05) is 28.5 Å². The highest BCUT2D eigenvalue weighted by atomic mass is 32.1. The highest BCUT2D eigenvalue weighted by Gasteiger charge is 2.15. The van der Waals surface area contributed by atoms with Crippen molar-refractivity contribution in [3.05, 3.63) is 59.2 Å². The van der Waals surface area contributed by atoms with Gasteiger partial charge < -0.3 is 10.1 Å².